The Bertz CT molecular complexity index is 645. The summed E-state index contributed by atoms with van der Waals surface area (Å²) in [5.74, 6) is 0.0558. The summed E-state index contributed by atoms with van der Waals surface area (Å²) in [4.78, 5) is 26.4. The van der Waals surface area contributed by atoms with Crippen LogP contribution in [0.1, 0.15) is 31.7 Å². The highest BCUT2D eigenvalue weighted by Gasteiger charge is 2.50. The molecule has 0 bridgehead atoms. The molecule has 2 aliphatic rings. The van der Waals surface area contributed by atoms with Crippen molar-refractivity contribution in [1.29, 1.82) is 0 Å². The van der Waals surface area contributed by atoms with Gasteiger partial charge in [0, 0.05) is 19.0 Å². The minimum Gasteiger partial charge on any atom is -0.352 e. The summed E-state index contributed by atoms with van der Waals surface area (Å²) in [6.07, 6.45) is 0.797. The minimum atomic E-state index is -0.792. The van der Waals surface area contributed by atoms with Crippen molar-refractivity contribution in [3.05, 3.63) is 33.8 Å². The molecule has 1 aromatic carbocycles. The van der Waals surface area contributed by atoms with Crippen LogP contribution in [0.25, 0.3) is 0 Å². The zero-order chi connectivity index (χ0) is 16.1. The molecular weight excluding hydrogens is 323 g/mol. The van der Waals surface area contributed by atoms with Crippen molar-refractivity contribution in [2.75, 3.05) is 13.1 Å². The van der Waals surface area contributed by atoms with E-state index < -0.39 is 5.54 Å². The maximum absolute atomic E-state index is 12.7. The Morgan fingerprint density at radius 2 is 2.05 bits per heavy atom. The summed E-state index contributed by atoms with van der Waals surface area (Å²) >= 11 is 12.0. The SMILES string of the molecule is CC1(C)C(=O)NCCN1C(=O)[C@H]1C[C@H]1c1ccc(Cl)c(Cl)c1. The van der Waals surface area contributed by atoms with Gasteiger partial charge in [0.05, 0.1) is 10.0 Å². The van der Waals surface area contributed by atoms with Crippen molar-refractivity contribution >= 4 is 35.0 Å². The number of carbonyl (C=O) groups excluding carboxylic acids is 2. The molecule has 1 saturated carbocycles. The number of hydrogen-bond acceptors (Lipinski definition) is 2. The van der Waals surface area contributed by atoms with E-state index in [9.17, 15) is 9.59 Å². The van der Waals surface area contributed by atoms with Crippen LogP contribution in [0.2, 0.25) is 10.0 Å². The normalized spacial score (nSPS) is 26.5. The zero-order valence-corrected chi connectivity index (χ0v) is 14.0. The Balaban J connectivity index is 1.75. The number of benzene rings is 1. The molecule has 1 N–H and O–H groups in total. The standard InChI is InChI=1S/C16H18Cl2N2O2/c1-16(2)15(22)19-5-6-20(16)14(21)11-8-10(11)9-3-4-12(17)13(18)7-9/h3-4,7,10-11H,5-6,8H2,1-2H3,(H,19,22)/t10-,11-/m0/s1. The maximum atomic E-state index is 12.7. The monoisotopic (exact) mass is 340 g/mol. The van der Waals surface area contributed by atoms with Crippen LogP contribution in [-0.4, -0.2) is 35.3 Å². The zero-order valence-electron chi connectivity index (χ0n) is 12.5. The molecule has 3 rings (SSSR count). The highest BCUT2D eigenvalue weighted by atomic mass is 35.5. The summed E-state index contributed by atoms with van der Waals surface area (Å²) in [5.41, 5.74) is 0.243. The lowest BCUT2D eigenvalue weighted by atomic mass is 9.97. The van der Waals surface area contributed by atoms with Gasteiger partial charge in [0.2, 0.25) is 11.8 Å². The van der Waals surface area contributed by atoms with Crippen molar-refractivity contribution in [1.82, 2.24) is 10.2 Å². The number of carbonyl (C=O) groups is 2. The van der Waals surface area contributed by atoms with Crippen LogP contribution in [0, 0.1) is 5.92 Å². The number of amides is 2. The molecule has 0 unspecified atom stereocenters. The van der Waals surface area contributed by atoms with E-state index in [4.69, 9.17) is 23.2 Å². The lowest BCUT2D eigenvalue weighted by molar-refractivity contribution is -0.150. The van der Waals surface area contributed by atoms with E-state index in [0.29, 0.717) is 23.1 Å². The third-order valence-corrected chi connectivity index (χ3v) is 5.34. The van der Waals surface area contributed by atoms with Gasteiger partial charge in [-0.05, 0) is 43.9 Å². The Kier molecular flexibility index (Phi) is 3.86. The summed E-state index contributed by atoms with van der Waals surface area (Å²) in [6, 6.07) is 5.51. The molecule has 4 nitrogen and oxygen atoms in total. The predicted octanol–water partition coefficient (Wildman–Crippen LogP) is 2.83. The number of nitrogens with zero attached hydrogens (tertiary/aromatic N) is 1. The van der Waals surface area contributed by atoms with Crippen LogP contribution in [-0.2, 0) is 9.59 Å². The lowest BCUT2D eigenvalue weighted by Gasteiger charge is -2.41. The number of piperazine rings is 1. The predicted molar refractivity (Wildman–Crippen MR) is 86.1 cm³/mol. The fourth-order valence-electron chi connectivity index (χ4n) is 3.06. The van der Waals surface area contributed by atoms with Gasteiger partial charge >= 0.3 is 0 Å². The first-order valence-corrected chi connectivity index (χ1v) is 8.12. The van der Waals surface area contributed by atoms with Crippen LogP contribution in [0.3, 0.4) is 0 Å². The molecule has 0 aromatic heterocycles. The van der Waals surface area contributed by atoms with E-state index in [1.54, 1.807) is 24.8 Å². The quantitative estimate of drug-likeness (QED) is 0.899. The first kappa shape index (κ1) is 15.6. The first-order valence-electron chi connectivity index (χ1n) is 7.37. The molecule has 2 fully saturated rings. The molecule has 0 spiro atoms. The van der Waals surface area contributed by atoms with Gasteiger partial charge in [-0.1, -0.05) is 29.3 Å². The van der Waals surface area contributed by atoms with Crippen LogP contribution < -0.4 is 5.32 Å². The van der Waals surface area contributed by atoms with Crippen molar-refractivity contribution in [3.8, 4) is 0 Å². The fraction of sp³-hybridized carbons (Fsp3) is 0.500. The van der Waals surface area contributed by atoms with E-state index in [-0.39, 0.29) is 23.7 Å². The van der Waals surface area contributed by atoms with Crippen molar-refractivity contribution < 1.29 is 9.59 Å². The molecule has 118 valence electrons. The Morgan fingerprint density at radius 1 is 1.32 bits per heavy atom. The Labute approximate surface area is 139 Å². The van der Waals surface area contributed by atoms with Gasteiger partial charge in [0.15, 0.2) is 0 Å². The van der Waals surface area contributed by atoms with E-state index >= 15 is 0 Å². The summed E-state index contributed by atoms with van der Waals surface area (Å²) < 4.78 is 0. The van der Waals surface area contributed by atoms with E-state index in [0.717, 1.165) is 12.0 Å². The Hall–Kier alpha value is -1.26. The topological polar surface area (TPSA) is 49.4 Å². The molecule has 2 amide bonds. The first-order chi connectivity index (χ1) is 10.3. The van der Waals surface area contributed by atoms with Gasteiger partial charge in [-0.15, -0.1) is 0 Å². The maximum Gasteiger partial charge on any atom is 0.245 e. The average molecular weight is 341 g/mol. The third-order valence-electron chi connectivity index (χ3n) is 4.60. The second-order valence-electron chi connectivity index (χ2n) is 6.43. The summed E-state index contributed by atoms with van der Waals surface area (Å²) in [5, 5.41) is 3.83. The third kappa shape index (κ3) is 2.59. The summed E-state index contributed by atoms with van der Waals surface area (Å²) in [7, 11) is 0. The largest absolute Gasteiger partial charge is 0.352 e. The minimum absolute atomic E-state index is 0.0518. The van der Waals surface area contributed by atoms with Crippen molar-refractivity contribution in [2.24, 2.45) is 5.92 Å². The molecule has 1 heterocycles. The molecule has 0 radical (unpaired) electrons. The number of halogens is 2. The van der Waals surface area contributed by atoms with E-state index in [1.807, 2.05) is 12.1 Å². The van der Waals surface area contributed by atoms with E-state index in [2.05, 4.69) is 5.32 Å². The molecule has 1 aromatic rings. The molecular formula is C16H18Cl2N2O2. The molecule has 1 aliphatic heterocycles. The van der Waals surface area contributed by atoms with Crippen LogP contribution >= 0.6 is 23.2 Å². The fourth-order valence-corrected chi connectivity index (χ4v) is 3.37. The molecule has 1 saturated heterocycles. The van der Waals surface area contributed by atoms with Crippen molar-refractivity contribution in [3.63, 3.8) is 0 Å². The smallest absolute Gasteiger partial charge is 0.245 e. The molecule has 2 atom stereocenters. The van der Waals surface area contributed by atoms with Gasteiger partial charge < -0.3 is 10.2 Å². The number of hydrogen-bond donors (Lipinski definition) is 1. The van der Waals surface area contributed by atoms with E-state index in [1.165, 1.54) is 0 Å². The second-order valence-corrected chi connectivity index (χ2v) is 7.24. The summed E-state index contributed by atoms with van der Waals surface area (Å²) in [6.45, 7) is 4.65. The van der Waals surface area contributed by atoms with Crippen molar-refractivity contribution in [2.45, 2.75) is 31.7 Å². The lowest BCUT2D eigenvalue weighted by Crippen LogP contribution is -2.63. The molecule has 22 heavy (non-hydrogen) atoms. The van der Waals surface area contributed by atoms with Crippen LogP contribution in [0.15, 0.2) is 18.2 Å². The highest BCUT2D eigenvalue weighted by molar-refractivity contribution is 6.42. The van der Waals surface area contributed by atoms with Crippen LogP contribution in [0.5, 0.6) is 0 Å². The van der Waals surface area contributed by atoms with Gasteiger partial charge in [0.25, 0.3) is 0 Å². The average Bonchev–Trinajstić information content (AvgIpc) is 3.24. The van der Waals surface area contributed by atoms with Crippen LogP contribution in [0.4, 0.5) is 0 Å². The second kappa shape index (κ2) is 5.43. The van der Waals surface area contributed by atoms with Gasteiger partial charge in [0.1, 0.15) is 5.54 Å². The molecule has 1 aliphatic carbocycles. The van der Waals surface area contributed by atoms with Gasteiger partial charge in [-0.2, -0.15) is 0 Å². The molecule has 6 heteroatoms. The highest BCUT2D eigenvalue weighted by Crippen LogP contribution is 2.50. The van der Waals surface area contributed by atoms with Gasteiger partial charge in [-0.3, -0.25) is 9.59 Å². The number of rotatable bonds is 2. The Morgan fingerprint density at radius 3 is 2.73 bits per heavy atom. The number of nitrogens with one attached hydrogen (secondary N) is 1. The van der Waals surface area contributed by atoms with Gasteiger partial charge in [-0.25, -0.2) is 0 Å².